The molecule has 8 nitrogen and oxygen atoms in total. The fraction of sp³-hybridized carbons (Fsp3) is 0.250. The Balaban J connectivity index is 1.29. The number of rotatable bonds is 10. The number of carbonyl (C=O) groups excluding carboxylic acids is 1. The Morgan fingerprint density at radius 3 is 2.60 bits per heavy atom. The van der Waals surface area contributed by atoms with Crippen LogP contribution in [0.3, 0.4) is 0 Å². The summed E-state index contributed by atoms with van der Waals surface area (Å²) in [7, 11) is 0. The van der Waals surface area contributed by atoms with Crippen LogP contribution in [0, 0.1) is 23.3 Å². The van der Waals surface area contributed by atoms with E-state index in [4.69, 9.17) is 14.2 Å². The molecule has 6 rings (SSSR count). The van der Waals surface area contributed by atoms with Crippen LogP contribution in [0.15, 0.2) is 59.2 Å². The highest BCUT2D eigenvalue weighted by atomic mass is 79.9. The second-order valence-electron chi connectivity index (χ2n) is 10.3. The molecule has 232 valence electrons. The quantitative estimate of drug-likeness (QED) is 0.116. The van der Waals surface area contributed by atoms with Crippen LogP contribution in [-0.2, 0) is 29.0 Å². The average molecular weight is 685 g/mol. The van der Waals surface area contributed by atoms with Crippen LogP contribution in [0.5, 0.6) is 5.88 Å². The van der Waals surface area contributed by atoms with E-state index in [2.05, 4.69) is 30.9 Å². The summed E-state index contributed by atoms with van der Waals surface area (Å²) in [6.45, 7) is 2.41. The van der Waals surface area contributed by atoms with Crippen LogP contribution in [0.1, 0.15) is 40.8 Å². The first-order valence-electron chi connectivity index (χ1n) is 14.1. The van der Waals surface area contributed by atoms with E-state index in [0.29, 0.717) is 16.6 Å². The van der Waals surface area contributed by atoms with E-state index in [-0.39, 0.29) is 77.6 Å². The average Bonchev–Trinajstić information content (AvgIpc) is 3.33. The van der Waals surface area contributed by atoms with Gasteiger partial charge in [0.1, 0.15) is 41.1 Å². The van der Waals surface area contributed by atoms with Gasteiger partial charge in [0, 0.05) is 35.3 Å². The van der Waals surface area contributed by atoms with Crippen LogP contribution >= 0.6 is 15.9 Å². The summed E-state index contributed by atoms with van der Waals surface area (Å²) >= 11 is 3.14. The zero-order valence-electron chi connectivity index (χ0n) is 23.8. The molecule has 1 saturated heterocycles. The third-order valence-electron chi connectivity index (χ3n) is 7.30. The molecule has 0 saturated carbocycles. The molecule has 0 aliphatic carbocycles. The third-order valence-corrected chi connectivity index (χ3v) is 7.74. The summed E-state index contributed by atoms with van der Waals surface area (Å²) in [6.07, 6.45) is 1.86. The molecule has 45 heavy (non-hydrogen) atoms. The number of imidazole rings is 1. The van der Waals surface area contributed by atoms with Crippen molar-refractivity contribution in [2.45, 2.75) is 39.0 Å². The van der Waals surface area contributed by atoms with Crippen LogP contribution in [0.2, 0.25) is 0 Å². The molecule has 5 aromatic rings. The molecule has 3 aromatic heterocycles. The number of carbonyl (C=O) groups is 1. The summed E-state index contributed by atoms with van der Waals surface area (Å²) in [5.41, 5.74) is 0.354. The van der Waals surface area contributed by atoms with E-state index in [9.17, 15) is 9.18 Å². The van der Waals surface area contributed by atoms with Crippen molar-refractivity contribution >= 4 is 32.9 Å². The lowest BCUT2D eigenvalue weighted by atomic mass is 10.0. The lowest BCUT2D eigenvalue weighted by Crippen LogP contribution is -2.31. The zero-order valence-corrected chi connectivity index (χ0v) is 25.4. The van der Waals surface area contributed by atoms with E-state index < -0.39 is 29.2 Å². The van der Waals surface area contributed by atoms with Crippen molar-refractivity contribution in [3.63, 3.8) is 0 Å². The van der Waals surface area contributed by atoms with Crippen molar-refractivity contribution in [2.75, 3.05) is 13.2 Å². The van der Waals surface area contributed by atoms with Gasteiger partial charge in [-0.25, -0.2) is 32.3 Å². The van der Waals surface area contributed by atoms with Crippen molar-refractivity contribution in [1.82, 2.24) is 19.5 Å². The molecule has 1 fully saturated rings. The molecule has 0 radical (unpaired) electrons. The third kappa shape index (κ3) is 6.54. The van der Waals surface area contributed by atoms with Crippen LogP contribution < -0.4 is 4.74 Å². The molecular formula is C32H25BrF4N4O4. The molecule has 1 aliphatic heterocycles. The monoisotopic (exact) mass is 684 g/mol. The minimum Gasteiger partial charge on any atom is -0.471 e. The molecule has 0 bridgehead atoms. The summed E-state index contributed by atoms with van der Waals surface area (Å²) in [4.78, 5) is 25.0. The van der Waals surface area contributed by atoms with Gasteiger partial charge in [-0.3, -0.25) is 4.98 Å². The van der Waals surface area contributed by atoms with E-state index in [1.807, 2.05) is 0 Å². The number of fused-ring (bicyclic) bond motifs is 1. The highest BCUT2D eigenvalue weighted by Crippen LogP contribution is 2.30. The second-order valence-corrected chi connectivity index (χ2v) is 11.2. The minimum absolute atomic E-state index is 0.00546. The van der Waals surface area contributed by atoms with Gasteiger partial charge in [-0.15, -0.1) is 0 Å². The fourth-order valence-electron chi connectivity index (χ4n) is 4.96. The van der Waals surface area contributed by atoms with Crippen molar-refractivity contribution in [1.29, 1.82) is 0 Å². The van der Waals surface area contributed by atoms with Gasteiger partial charge in [0.25, 0.3) is 0 Å². The Morgan fingerprint density at radius 2 is 1.87 bits per heavy atom. The summed E-state index contributed by atoms with van der Waals surface area (Å²) in [5.74, 6) is -3.13. The van der Waals surface area contributed by atoms with Gasteiger partial charge in [0.05, 0.1) is 36.0 Å². The summed E-state index contributed by atoms with van der Waals surface area (Å²) in [6, 6.07) is 10.4. The standard InChI is InChI=1S/C32H25BrF4N4O4/c1-2-43-32(42)18-9-25(37)31-28(10-18)41(15-20-6-7-44-20)29(40-31)11-17-8-23(35)21(13-22(17)34)26-4-3-5-30(39-26)45-16-27-24(36)12-19(33)14-38-27/h3-5,8-10,12-14,20H,2,6-7,11,15-16H2,1H3/t20-/m0/s1. The van der Waals surface area contributed by atoms with Gasteiger partial charge in [-0.1, -0.05) is 6.07 Å². The molecule has 0 amide bonds. The highest BCUT2D eigenvalue weighted by molar-refractivity contribution is 9.10. The number of aromatic nitrogens is 4. The van der Waals surface area contributed by atoms with Gasteiger partial charge in [-0.2, -0.15) is 0 Å². The zero-order chi connectivity index (χ0) is 31.7. The Morgan fingerprint density at radius 1 is 1.04 bits per heavy atom. The van der Waals surface area contributed by atoms with Crippen molar-refractivity contribution in [2.24, 2.45) is 0 Å². The minimum atomic E-state index is -0.752. The lowest BCUT2D eigenvalue weighted by Gasteiger charge is -2.27. The predicted molar refractivity (Wildman–Crippen MR) is 159 cm³/mol. The second kappa shape index (κ2) is 12.9. The summed E-state index contributed by atoms with van der Waals surface area (Å²) in [5, 5.41) is 0. The number of ether oxygens (including phenoxy) is 3. The van der Waals surface area contributed by atoms with Gasteiger partial charge in [-0.05, 0) is 71.2 Å². The molecule has 0 N–H and O–H groups in total. The molecule has 1 aliphatic rings. The van der Waals surface area contributed by atoms with Crippen LogP contribution in [-0.4, -0.2) is 44.8 Å². The number of halogens is 5. The smallest absolute Gasteiger partial charge is 0.338 e. The first-order chi connectivity index (χ1) is 21.7. The van der Waals surface area contributed by atoms with E-state index in [0.717, 1.165) is 24.6 Å². The lowest BCUT2D eigenvalue weighted by molar-refractivity contribution is -0.0589. The van der Waals surface area contributed by atoms with Gasteiger partial charge in [0.15, 0.2) is 5.82 Å². The highest BCUT2D eigenvalue weighted by Gasteiger charge is 2.25. The number of pyridine rings is 2. The molecule has 0 spiro atoms. The first kappa shape index (κ1) is 30.7. The summed E-state index contributed by atoms with van der Waals surface area (Å²) < 4.78 is 78.6. The number of nitrogens with zero attached hydrogens (tertiary/aromatic N) is 4. The maximum atomic E-state index is 15.5. The topological polar surface area (TPSA) is 88.4 Å². The number of hydrogen-bond donors (Lipinski definition) is 0. The number of esters is 1. The number of hydrogen-bond acceptors (Lipinski definition) is 7. The molecule has 4 heterocycles. The molecule has 13 heteroatoms. The molecule has 1 atom stereocenters. The normalized spacial score (nSPS) is 14.4. The largest absolute Gasteiger partial charge is 0.471 e. The molecule has 0 unspecified atom stereocenters. The number of benzene rings is 2. The first-order valence-corrected chi connectivity index (χ1v) is 14.8. The van der Waals surface area contributed by atoms with Gasteiger partial charge >= 0.3 is 5.97 Å². The Hall–Kier alpha value is -4.36. The van der Waals surface area contributed by atoms with Crippen LogP contribution in [0.25, 0.3) is 22.3 Å². The SMILES string of the molecule is CCOC(=O)c1cc(F)c2nc(Cc3cc(F)c(-c4cccc(OCc5ncc(Br)cc5F)n4)cc3F)n(C[C@@H]3CCO3)c2c1. The van der Waals surface area contributed by atoms with Crippen molar-refractivity contribution in [3.8, 4) is 17.1 Å². The maximum Gasteiger partial charge on any atom is 0.338 e. The predicted octanol–water partition coefficient (Wildman–Crippen LogP) is 6.95. The van der Waals surface area contributed by atoms with E-state index in [1.165, 1.54) is 30.5 Å². The Kier molecular flexibility index (Phi) is 8.81. The van der Waals surface area contributed by atoms with Crippen molar-refractivity contribution in [3.05, 3.63) is 105 Å². The molecular weight excluding hydrogens is 660 g/mol. The Labute approximate surface area is 263 Å². The molecule has 2 aromatic carbocycles. The van der Waals surface area contributed by atoms with Gasteiger partial charge in [0.2, 0.25) is 5.88 Å². The van der Waals surface area contributed by atoms with Gasteiger partial charge < -0.3 is 18.8 Å². The van der Waals surface area contributed by atoms with Crippen molar-refractivity contribution < 1.29 is 36.6 Å². The fourth-order valence-corrected chi connectivity index (χ4v) is 5.26. The van der Waals surface area contributed by atoms with E-state index >= 15 is 13.2 Å². The Bertz CT molecular complexity index is 1910. The van der Waals surface area contributed by atoms with E-state index in [1.54, 1.807) is 17.6 Å². The maximum absolute atomic E-state index is 15.5. The van der Waals surface area contributed by atoms with Crippen LogP contribution in [0.4, 0.5) is 17.6 Å².